The molecule has 0 aliphatic heterocycles. The van der Waals surface area contributed by atoms with Crippen molar-refractivity contribution in [3.63, 3.8) is 0 Å². The largest absolute Gasteiger partial charge is 0.495 e. The molecular formula is C14H13FN2O2. The van der Waals surface area contributed by atoms with E-state index in [1.54, 1.807) is 25.1 Å². The van der Waals surface area contributed by atoms with Crippen LogP contribution in [0.3, 0.4) is 0 Å². The van der Waals surface area contributed by atoms with E-state index < -0.39 is 0 Å². The van der Waals surface area contributed by atoms with Crippen LogP contribution >= 0.6 is 0 Å². The standard InChI is InChI=1S/C14H13FN2O2/c1-9-7-10(3-5-12(9)15)17-14(18)13-6-4-11(19-2)8-16-13/h3-8H,1-2H3,(H,17,18). The van der Waals surface area contributed by atoms with E-state index in [9.17, 15) is 9.18 Å². The molecule has 1 aromatic carbocycles. The van der Waals surface area contributed by atoms with Crippen molar-refractivity contribution < 1.29 is 13.9 Å². The Hall–Kier alpha value is -2.43. The second-order valence-electron chi connectivity index (χ2n) is 4.00. The van der Waals surface area contributed by atoms with Gasteiger partial charge in [0.1, 0.15) is 17.3 Å². The van der Waals surface area contributed by atoms with Crippen LogP contribution in [-0.4, -0.2) is 18.0 Å². The number of ether oxygens (including phenoxy) is 1. The normalized spacial score (nSPS) is 10.1. The molecule has 0 atom stereocenters. The van der Waals surface area contributed by atoms with E-state index in [1.165, 1.54) is 25.4 Å². The SMILES string of the molecule is COc1ccc(C(=O)Nc2ccc(F)c(C)c2)nc1. The molecule has 1 heterocycles. The van der Waals surface area contributed by atoms with Gasteiger partial charge >= 0.3 is 0 Å². The maximum Gasteiger partial charge on any atom is 0.274 e. The number of carbonyl (C=O) groups is 1. The van der Waals surface area contributed by atoms with Gasteiger partial charge in [0, 0.05) is 5.69 Å². The highest BCUT2D eigenvalue weighted by Gasteiger charge is 2.08. The number of aryl methyl sites for hydroxylation is 1. The van der Waals surface area contributed by atoms with E-state index in [0.717, 1.165) is 0 Å². The number of methoxy groups -OCH3 is 1. The number of anilines is 1. The van der Waals surface area contributed by atoms with Gasteiger partial charge in [-0.15, -0.1) is 0 Å². The van der Waals surface area contributed by atoms with Crippen molar-refractivity contribution in [3.8, 4) is 5.75 Å². The minimum absolute atomic E-state index is 0.266. The van der Waals surface area contributed by atoms with E-state index in [-0.39, 0.29) is 17.4 Å². The second kappa shape index (κ2) is 5.48. The fraction of sp³-hybridized carbons (Fsp3) is 0.143. The Morgan fingerprint density at radius 2 is 2.11 bits per heavy atom. The molecule has 4 nitrogen and oxygen atoms in total. The number of carbonyl (C=O) groups excluding carboxylic acids is 1. The average molecular weight is 260 g/mol. The molecule has 98 valence electrons. The third-order valence-electron chi connectivity index (χ3n) is 2.62. The summed E-state index contributed by atoms with van der Waals surface area (Å²) in [5.41, 5.74) is 1.27. The van der Waals surface area contributed by atoms with Gasteiger partial charge in [-0.25, -0.2) is 9.37 Å². The number of hydrogen-bond acceptors (Lipinski definition) is 3. The number of pyridine rings is 1. The molecule has 0 saturated carbocycles. The molecule has 0 bridgehead atoms. The molecule has 2 aromatic rings. The Labute approximate surface area is 110 Å². The van der Waals surface area contributed by atoms with Crippen molar-refractivity contribution in [3.05, 3.63) is 53.6 Å². The molecule has 0 aliphatic rings. The van der Waals surface area contributed by atoms with Crippen molar-refractivity contribution >= 4 is 11.6 Å². The zero-order valence-electron chi connectivity index (χ0n) is 10.6. The van der Waals surface area contributed by atoms with Gasteiger partial charge in [-0.1, -0.05) is 0 Å². The summed E-state index contributed by atoms with van der Waals surface area (Å²) in [6.07, 6.45) is 1.46. The Kier molecular flexibility index (Phi) is 3.75. The summed E-state index contributed by atoms with van der Waals surface area (Å²) in [5, 5.41) is 2.65. The lowest BCUT2D eigenvalue weighted by molar-refractivity contribution is 0.102. The van der Waals surface area contributed by atoms with Crippen molar-refractivity contribution in [2.45, 2.75) is 6.92 Å². The molecule has 19 heavy (non-hydrogen) atoms. The van der Waals surface area contributed by atoms with Gasteiger partial charge < -0.3 is 10.1 Å². The monoisotopic (exact) mass is 260 g/mol. The summed E-state index contributed by atoms with van der Waals surface area (Å²) in [4.78, 5) is 15.9. The number of nitrogens with zero attached hydrogens (tertiary/aromatic N) is 1. The number of aromatic nitrogens is 1. The molecule has 5 heteroatoms. The molecule has 1 aromatic heterocycles. The summed E-state index contributed by atoms with van der Waals surface area (Å²) >= 11 is 0. The lowest BCUT2D eigenvalue weighted by Crippen LogP contribution is -2.13. The number of hydrogen-bond donors (Lipinski definition) is 1. The van der Waals surface area contributed by atoms with E-state index in [1.807, 2.05) is 0 Å². The minimum Gasteiger partial charge on any atom is -0.495 e. The molecular weight excluding hydrogens is 247 g/mol. The predicted molar refractivity (Wildman–Crippen MR) is 69.9 cm³/mol. The first-order valence-electron chi connectivity index (χ1n) is 5.67. The first-order chi connectivity index (χ1) is 9.10. The molecule has 1 N–H and O–H groups in total. The zero-order chi connectivity index (χ0) is 13.8. The average Bonchev–Trinajstić information content (AvgIpc) is 2.43. The van der Waals surface area contributed by atoms with Crippen molar-refractivity contribution in [1.82, 2.24) is 4.98 Å². The molecule has 0 fully saturated rings. The molecule has 0 aliphatic carbocycles. The van der Waals surface area contributed by atoms with Gasteiger partial charge in [-0.05, 0) is 42.8 Å². The highest BCUT2D eigenvalue weighted by molar-refractivity contribution is 6.02. The third kappa shape index (κ3) is 3.07. The summed E-state index contributed by atoms with van der Waals surface area (Å²) in [5.74, 6) is -0.0802. The van der Waals surface area contributed by atoms with Crippen molar-refractivity contribution in [2.75, 3.05) is 12.4 Å². The van der Waals surface area contributed by atoms with Gasteiger partial charge in [0.25, 0.3) is 5.91 Å². The van der Waals surface area contributed by atoms with E-state index in [2.05, 4.69) is 10.3 Å². The lowest BCUT2D eigenvalue weighted by atomic mass is 10.2. The summed E-state index contributed by atoms with van der Waals surface area (Å²) in [6.45, 7) is 1.64. The number of rotatable bonds is 3. The first-order valence-corrected chi connectivity index (χ1v) is 5.67. The topological polar surface area (TPSA) is 51.2 Å². The number of benzene rings is 1. The van der Waals surface area contributed by atoms with Crippen LogP contribution in [0, 0.1) is 12.7 Å². The van der Waals surface area contributed by atoms with Crippen LogP contribution in [-0.2, 0) is 0 Å². The summed E-state index contributed by atoms with van der Waals surface area (Å²) in [7, 11) is 1.53. The smallest absolute Gasteiger partial charge is 0.274 e. The van der Waals surface area contributed by atoms with Crippen molar-refractivity contribution in [1.29, 1.82) is 0 Å². The van der Waals surface area contributed by atoms with Crippen LogP contribution in [0.1, 0.15) is 16.1 Å². The van der Waals surface area contributed by atoms with Gasteiger partial charge in [-0.3, -0.25) is 4.79 Å². The van der Waals surface area contributed by atoms with E-state index in [4.69, 9.17) is 4.74 Å². The Morgan fingerprint density at radius 3 is 2.68 bits per heavy atom. The summed E-state index contributed by atoms with van der Waals surface area (Å²) < 4.78 is 18.1. The van der Waals surface area contributed by atoms with Gasteiger partial charge in [0.2, 0.25) is 0 Å². The van der Waals surface area contributed by atoms with E-state index >= 15 is 0 Å². The second-order valence-corrected chi connectivity index (χ2v) is 4.00. The Morgan fingerprint density at radius 1 is 1.32 bits per heavy atom. The lowest BCUT2D eigenvalue weighted by Gasteiger charge is -2.06. The molecule has 0 radical (unpaired) electrons. The van der Waals surface area contributed by atoms with Crippen LogP contribution in [0.15, 0.2) is 36.5 Å². The van der Waals surface area contributed by atoms with Gasteiger partial charge in [-0.2, -0.15) is 0 Å². The van der Waals surface area contributed by atoms with E-state index in [0.29, 0.717) is 17.0 Å². The summed E-state index contributed by atoms with van der Waals surface area (Å²) in [6, 6.07) is 7.59. The van der Waals surface area contributed by atoms with Crippen LogP contribution in [0.5, 0.6) is 5.75 Å². The maximum atomic E-state index is 13.1. The minimum atomic E-state index is -0.353. The van der Waals surface area contributed by atoms with Crippen LogP contribution < -0.4 is 10.1 Å². The quantitative estimate of drug-likeness (QED) is 0.923. The predicted octanol–water partition coefficient (Wildman–Crippen LogP) is 2.79. The first kappa shape index (κ1) is 13.0. The Balaban J connectivity index is 2.13. The fourth-order valence-corrected chi connectivity index (χ4v) is 1.55. The third-order valence-corrected chi connectivity index (χ3v) is 2.62. The maximum absolute atomic E-state index is 13.1. The van der Waals surface area contributed by atoms with Crippen molar-refractivity contribution in [2.24, 2.45) is 0 Å². The molecule has 1 amide bonds. The number of halogens is 1. The highest BCUT2D eigenvalue weighted by atomic mass is 19.1. The molecule has 2 rings (SSSR count). The molecule has 0 unspecified atom stereocenters. The van der Waals surface area contributed by atoms with Gasteiger partial charge in [0.05, 0.1) is 13.3 Å². The van der Waals surface area contributed by atoms with Crippen LogP contribution in [0.2, 0.25) is 0 Å². The van der Waals surface area contributed by atoms with Gasteiger partial charge in [0.15, 0.2) is 0 Å². The zero-order valence-corrected chi connectivity index (χ0v) is 10.6. The molecule has 0 spiro atoms. The molecule has 0 saturated heterocycles. The van der Waals surface area contributed by atoms with Crippen LogP contribution in [0.25, 0.3) is 0 Å². The number of amides is 1. The highest BCUT2D eigenvalue weighted by Crippen LogP contribution is 2.15. The Bertz CT molecular complexity index is 597. The fourth-order valence-electron chi connectivity index (χ4n) is 1.55. The number of nitrogens with one attached hydrogen (secondary N) is 1. The van der Waals surface area contributed by atoms with Crippen LogP contribution in [0.4, 0.5) is 10.1 Å².